The van der Waals surface area contributed by atoms with Crippen molar-refractivity contribution in [3.8, 4) is 0 Å². The monoisotopic (exact) mass is 404 g/mol. The smallest absolute Gasteiger partial charge is 0.416 e. The van der Waals surface area contributed by atoms with Crippen LogP contribution in [-0.4, -0.2) is 32.1 Å². The Morgan fingerprint density at radius 1 is 1.03 bits per heavy atom. The zero-order valence-electron chi connectivity index (χ0n) is 16.0. The molecule has 0 fully saturated rings. The molecule has 0 amide bonds. The molecular formula is C21H19F3N2O3. The van der Waals surface area contributed by atoms with Crippen molar-refractivity contribution in [1.82, 2.24) is 0 Å². The van der Waals surface area contributed by atoms with Crippen LogP contribution in [-0.2, 0) is 20.4 Å². The van der Waals surface area contributed by atoms with E-state index in [1.165, 1.54) is 38.6 Å². The van der Waals surface area contributed by atoms with Gasteiger partial charge in [-0.1, -0.05) is 36.4 Å². The summed E-state index contributed by atoms with van der Waals surface area (Å²) in [5.41, 5.74) is 1.06. The molecule has 2 rings (SSSR count). The van der Waals surface area contributed by atoms with Crippen molar-refractivity contribution in [2.24, 2.45) is 10.2 Å². The van der Waals surface area contributed by atoms with E-state index in [9.17, 15) is 18.0 Å². The number of carbonyl (C=O) groups excluding carboxylic acids is 1. The molecule has 29 heavy (non-hydrogen) atoms. The highest BCUT2D eigenvalue weighted by atomic mass is 19.4. The van der Waals surface area contributed by atoms with Crippen molar-refractivity contribution >= 4 is 23.7 Å². The maximum absolute atomic E-state index is 12.9. The highest BCUT2D eigenvalue weighted by molar-refractivity contribution is 5.99. The lowest BCUT2D eigenvalue weighted by atomic mass is 10.1. The number of ether oxygens (including phenoxy) is 2. The average molecular weight is 404 g/mol. The van der Waals surface area contributed by atoms with Gasteiger partial charge in [0.1, 0.15) is 5.76 Å². The first kappa shape index (κ1) is 21.9. The van der Waals surface area contributed by atoms with Crippen LogP contribution in [0.15, 0.2) is 64.8 Å². The van der Waals surface area contributed by atoms with E-state index in [0.717, 1.165) is 12.1 Å². The van der Waals surface area contributed by atoms with Gasteiger partial charge in [0.2, 0.25) is 0 Å². The van der Waals surface area contributed by atoms with Crippen LogP contribution >= 0.6 is 0 Å². The second kappa shape index (κ2) is 9.68. The van der Waals surface area contributed by atoms with Crippen molar-refractivity contribution in [1.29, 1.82) is 0 Å². The third-order valence-electron chi connectivity index (χ3n) is 3.91. The predicted octanol–water partition coefficient (Wildman–Crippen LogP) is 4.71. The van der Waals surface area contributed by atoms with Crippen LogP contribution in [0.25, 0.3) is 5.76 Å². The summed E-state index contributed by atoms with van der Waals surface area (Å²) in [5.74, 6) is -0.301. The van der Waals surface area contributed by atoms with E-state index in [1.807, 2.05) is 0 Å². The molecule has 0 N–H and O–H groups in total. The Kier molecular flexibility index (Phi) is 7.30. The summed E-state index contributed by atoms with van der Waals surface area (Å²) in [6.45, 7) is 1.57. The van der Waals surface area contributed by atoms with Gasteiger partial charge in [-0.3, -0.25) is 0 Å². The number of esters is 1. The summed E-state index contributed by atoms with van der Waals surface area (Å²) < 4.78 is 48.4. The molecule has 0 aliphatic rings. The maximum atomic E-state index is 12.9. The molecule has 2 aromatic rings. The van der Waals surface area contributed by atoms with E-state index in [-0.39, 0.29) is 5.76 Å². The fourth-order valence-electron chi connectivity index (χ4n) is 2.40. The first-order chi connectivity index (χ1) is 13.8. The number of rotatable bonds is 6. The number of methoxy groups -OCH3 is 2. The molecule has 0 aliphatic carbocycles. The number of benzene rings is 2. The summed E-state index contributed by atoms with van der Waals surface area (Å²) in [5, 5.41) is 7.95. The molecule has 0 aliphatic heterocycles. The number of halogens is 3. The highest BCUT2D eigenvalue weighted by Crippen LogP contribution is 2.29. The highest BCUT2D eigenvalue weighted by Gasteiger charge is 2.30. The van der Waals surface area contributed by atoms with Gasteiger partial charge in [-0.05, 0) is 24.6 Å². The Balaban J connectivity index is 2.31. The van der Waals surface area contributed by atoms with Crippen LogP contribution in [0.2, 0.25) is 0 Å². The van der Waals surface area contributed by atoms with Crippen molar-refractivity contribution in [3.63, 3.8) is 0 Å². The van der Waals surface area contributed by atoms with Gasteiger partial charge in [0.25, 0.3) is 0 Å². The number of carbonyl (C=O) groups is 1. The number of alkyl halides is 3. The lowest BCUT2D eigenvalue weighted by Gasteiger charge is -2.09. The third-order valence-corrected chi connectivity index (χ3v) is 3.91. The summed E-state index contributed by atoms with van der Waals surface area (Å²) >= 11 is 0. The first-order valence-corrected chi connectivity index (χ1v) is 8.44. The lowest BCUT2D eigenvalue weighted by molar-refractivity contribution is -0.137. The lowest BCUT2D eigenvalue weighted by Crippen LogP contribution is -2.06. The fraction of sp³-hybridized carbons (Fsp3) is 0.190. The molecule has 0 bridgehead atoms. The molecule has 0 atom stereocenters. The molecule has 8 heteroatoms. The average Bonchev–Trinajstić information content (AvgIpc) is 2.71. The molecule has 0 heterocycles. The Bertz CT molecular complexity index is 964. The van der Waals surface area contributed by atoms with E-state index in [2.05, 4.69) is 14.9 Å². The minimum absolute atomic E-state index is 0.275. The molecule has 0 unspecified atom stereocenters. The maximum Gasteiger partial charge on any atom is 0.416 e. The number of hydrogen-bond donors (Lipinski definition) is 0. The summed E-state index contributed by atoms with van der Waals surface area (Å²) in [6.07, 6.45) is -1.80. The van der Waals surface area contributed by atoms with Gasteiger partial charge < -0.3 is 9.47 Å². The summed E-state index contributed by atoms with van der Waals surface area (Å²) in [4.78, 5) is 11.5. The Labute approximate surface area is 166 Å². The van der Waals surface area contributed by atoms with E-state index in [4.69, 9.17) is 4.74 Å². The van der Waals surface area contributed by atoms with Gasteiger partial charge in [-0.2, -0.15) is 23.4 Å². The van der Waals surface area contributed by atoms with Crippen molar-refractivity contribution < 1.29 is 27.4 Å². The van der Waals surface area contributed by atoms with Crippen LogP contribution in [0.4, 0.5) is 13.2 Å². The molecule has 0 saturated carbocycles. The van der Waals surface area contributed by atoms with Crippen molar-refractivity contribution in [2.75, 3.05) is 14.2 Å². The van der Waals surface area contributed by atoms with E-state index < -0.39 is 17.7 Å². The number of nitrogens with zero attached hydrogens (tertiary/aromatic N) is 2. The Morgan fingerprint density at radius 3 is 2.41 bits per heavy atom. The van der Waals surface area contributed by atoms with E-state index >= 15 is 0 Å². The standard InChI is InChI=1S/C21H19F3N2O3/c1-14(15-8-6-9-17(11-15)21(22,23)24)26-25-13-16-7-4-5-10-18(16)19(28-2)12-20(27)29-3/h4-13H,1-3H3/b19-12+,25-13-,26-14-. The second-order valence-corrected chi connectivity index (χ2v) is 5.83. The van der Waals surface area contributed by atoms with Crippen LogP contribution in [0.3, 0.4) is 0 Å². The second-order valence-electron chi connectivity index (χ2n) is 5.83. The summed E-state index contributed by atoms with van der Waals surface area (Å²) in [7, 11) is 2.67. The van der Waals surface area contributed by atoms with Gasteiger partial charge >= 0.3 is 12.1 Å². The fourth-order valence-corrected chi connectivity index (χ4v) is 2.40. The third kappa shape index (κ3) is 6.03. The predicted molar refractivity (Wildman–Crippen MR) is 105 cm³/mol. The van der Waals surface area contributed by atoms with Crippen molar-refractivity contribution in [3.05, 3.63) is 76.9 Å². The normalized spacial score (nSPS) is 12.9. The van der Waals surface area contributed by atoms with Gasteiger partial charge in [0, 0.05) is 11.1 Å². The molecule has 152 valence electrons. The van der Waals surface area contributed by atoms with Crippen molar-refractivity contribution in [2.45, 2.75) is 13.1 Å². The molecule has 5 nitrogen and oxygen atoms in total. The quantitative estimate of drug-likeness (QED) is 0.230. The van der Waals surface area contributed by atoms with Crippen LogP contribution in [0.1, 0.15) is 29.2 Å². The molecule has 0 aromatic heterocycles. The van der Waals surface area contributed by atoms with Crippen LogP contribution in [0.5, 0.6) is 0 Å². The summed E-state index contributed by atoms with van der Waals surface area (Å²) in [6, 6.07) is 11.8. The zero-order chi connectivity index (χ0) is 21.4. The minimum Gasteiger partial charge on any atom is -0.496 e. The minimum atomic E-state index is -4.43. The van der Waals surface area contributed by atoms with E-state index in [1.54, 1.807) is 31.2 Å². The Hall–Kier alpha value is -3.42. The molecule has 0 spiro atoms. The molecule has 0 radical (unpaired) electrons. The van der Waals surface area contributed by atoms with E-state index in [0.29, 0.717) is 22.4 Å². The first-order valence-electron chi connectivity index (χ1n) is 8.44. The van der Waals surface area contributed by atoms with Gasteiger partial charge in [0.15, 0.2) is 0 Å². The van der Waals surface area contributed by atoms with Gasteiger partial charge in [-0.15, -0.1) is 0 Å². The molecule has 0 saturated heterocycles. The number of hydrogen-bond acceptors (Lipinski definition) is 5. The topological polar surface area (TPSA) is 60.2 Å². The van der Waals surface area contributed by atoms with Crippen LogP contribution in [0, 0.1) is 0 Å². The Morgan fingerprint density at radius 2 is 1.76 bits per heavy atom. The van der Waals surface area contributed by atoms with Gasteiger partial charge in [-0.25, -0.2) is 4.79 Å². The largest absolute Gasteiger partial charge is 0.496 e. The van der Waals surface area contributed by atoms with Crippen LogP contribution < -0.4 is 0 Å². The molecular weight excluding hydrogens is 385 g/mol. The molecule has 2 aromatic carbocycles. The SMILES string of the molecule is COC(=O)/C=C(/OC)c1ccccc1/C=N\N=C(\C)c1cccc(C(F)(F)F)c1. The van der Waals surface area contributed by atoms with Gasteiger partial charge in [0.05, 0.1) is 37.8 Å². The zero-order valence-corrected chi connectivity index (χ0v) is 16.0.